The zero-order chi connectivity index (χ0) is 13.5. The molecule has 0 radical (unpaired) electrons. The number of ketones is 1. The van der Waals surface area contributed by atoms with Crippen molar-refractivity contribution in [3.8, 4) is 0 Å². The maximum absolute atomic E-state index is 12.5. The predicted molar refractivity (Wildman–Crippen MR) is 78.2 cm³/mol. The summed E-state index contributed by atoms with van der Waals surface area (Å²) in [4.78, 5) is 12.5. The van der Waals surface area contributed by atoms with Gasteiger partial charge in [-0.1, -0.05) is 58.7 Å². The molecule has 1 atom stereocenters. The van der Waals surface area contributed by atoms with E-state index >= 15 is 0 Å². The number of unbranched alkanes of at least 4 members (excludes halogenated alkanes) is 1. The Hall–Kier alpha value is -1.11. The highest BCUT2D eigenvalue weighted by molar-refractivity contribution is 5.98. The van der Waals surface area contributed by atoms with Crippen LogP contribution in [-0.4, -0.2) is 5.78 Å². The van der Waals surface area contributed by atoms with Crippen molar-refractivity contribution >= 4 is 5.78 Å². The topological polar surface area (TPSA) is 17.1 Å². The third-order valence-corrected chi connectivity index (χ3v) is 3.61. The molecule has 0 aromatic heterocycles. The van der Waals surface area contributed by atoms with Gasteiger partial charge in [-0.3, -0.25) is 4.79 Å². The predicted octanol–water partition coefficient (Wildman–Crippen LogP) is 5.21. The first-order chi connectivity index (χ1) is 8.60. The quantitative estimate of drug-likeness (QED) is 0.604. The second-order valence-electron chi connectivity index (χ2n) is 5.39. The maximum Gasteiger partial charge on any atom is 0.165 e. The van der Waals surface area contributed by atoms with Gasteiger partial charge in [-0.25, -0.2) is 0 Å². The van der Waals surface area contributed by atoms with Crippen LogP contribution in [0.2, 0.25) is 0 Å². The first kappa shape index (κ1) is 14.9. The molecule has 1 rings (SSSR count). The summed E-state index contributed by atoms with van der Waals surface area (Å²) in [5.74, 6) is 1.01. The Kier molecular flexibility index (Phi) is 6.11. The molecule has 0 aliphatic rings. The summed E-state index contributed by atoms with van der Waals surface area (Å²) in [5.41, 5.74) is 2.15. The lowest BCUT2D eigenvalue weighted by Gasteiger charge is -2.14. The molecule has 0 spiro atoms. The van der Waals surface area contributed by atoms with E-state index in [2.05, 4.69) is 39.8 Å². The zero-order valence-electron chi connectivity index (χ0n) is 12.2. The summed E-state index contributed by atoms with van der Waals surface area (Å²) in [6, 6.07) is 8.15. The summed E-state index contributed by atoms with van der Waals surface area (Å²) in [5, 5.41) is 0. The van der Waals surface area contributed by atoms with Gasteiger partial charge in [-0.05, 0) is 30.4 Å². The van der Waals surface area contributed by atoms with Crippen LogP contribution < -0.4 is 0 Å². The summed E-state index contributed by atoms with van der Waals surface area (Å²) < 4.78 is 0. The molecule has 1 unspecified atom stereocenters. The Balaban J connectivity index is 2.84. The second kappa shape index (κ2) is 7.35. The molecule has 0 saturated heterocycles. The maximum atomic E-state index is 12.5. The van der Waals surface area contributed by atoms with E-state index in [1.54, 1.807) is 0 Å². The van der Waals surface area contributed by atoms with E-state index < -0.39 is 0 Å². The molecule has 0 bridgehead atoms. The van der Waals surface area contributed by atoms with Gasteiger partial charge >= 0.3 is 0 Å². The van der Waals surface area contributed by atoms with Crippen molar-refractivity contribution in [3.05, 3.63) is 35.4 Å². The van der Waals surface area contributed by atoms with Crippen LogP contribution >= 0.6 is 0 Å². The van der Waals surface area contributed by atoms with Crippen LogP contribution in [0.3, 0.4) is 0 Å². The average Bonchev–Trinajstić information content (AvgIpc) is 2.39. The molecule has 18 heavy (non-hydrogen) atoms. The number of benzene rings is 1. The van der Waals surface area contributed by atoms with Crippen molar-refractivity contribution in [3.63, 3.8) is 0 Å². The van der Waals surface area contributed by atoms with Gasteiger partial charge < -0.3 is 0 Å². The second-order valence-corrected chi connectivity index (χ2v) is 5.39. The zero-order valence-corrected chi connectivity index (χ0v) is 12.2. The van der Waals surface area contributed by atoms with Gasteiger partial charge in [0, 0.05) is 11.5 Å². The molecule has 0 aliphatic heterocycles. The number of hydrogen-bond acceptors (Lipinski definition) is 1. The van der Waals surface area contributed by atoms with Crippen molar-refractivity contribution < 1.29 is 4.79 Å². The lowest BCUT2D eigenvalue weighted by atomic mass is 9.89. The van der Waals surface area contributed by atoms with Crippen molar-refractivity contribution in [1.29, 1.82) is 0 Å². The lowest BCUT2D eigenvalue weighted by Crippen LogP contribution is -2.14. The monoisotopic (exact) mass is 246 g/mol. The van der Waals surface area contributed by atoms with Crippen LogP contribution in [0.15, 0.2) is 24.3 Å². The molecule has 1 nitrogen and oxygen atoms in total. The first-order valence-corrected chi connectivity index (χ1v) is 7.24. The highest BCUT2D eigenvalue weighted by Crippen LogP contribution is 2.21. The Bertz CT molecular complexity index is 379. The van der Waals surface area contributed by atoms with E-state index in [0.29, 0.717) is 11.7 Å². The molecule has 0 amide bonds. The molecular formula is C17H26O. The van der Waals surface area contributed by atoms with Gasteiger partial charge in [-0.15, -0.1) is 0 Å². The molecular weight excluding hydrogens is 220 g/mol. The van der Waals surface area contributed by atoms with Crippen LogP contribution in [-0.2, 0) is 0 Å². The smallest absolute Gasteiger partial charge is 0.165 e. The van der Waals surface area contributed by atoms with Crippen molar-refractivity contribution in [2.24, 2.45) is 5.92 Å². The van der Waals surface area contributed by atoms with Gasteiger partial charge in [0.05, 0.1) is 0 Å². The molecule has 100 valence electrons. The fraction of sp³-hybridized carbons (Fsp3) is 0.588. The standard InChI is InChI=1S/C17H26O/c1-5-7-9-14(6-2)17(18)16-11-8-10-15(12-16)13(3)4/h8,10-14H,5-7,9H2,1-4H3. The third-order valence-electron chi connectivity index (χ3n) is 3.61. The van der Waals surface area contributed by atoms with Crippen LogP contribution in [0, 0.1) is 5.92 Å². The largest absolute Gasteiger partial charge is 0.294 e. The summed E-state index contributed by atoms with van der Waals surface area (Å²) in [6.45, 7) is 8.62. The Morgan fingerprint density at radius 2 is 1.94 bits per heavy atom. The number of hydrogen-bond donors (Lipinski definition) is 0. The normalized spacial score (nSPS) is 12.7. The minimum absolute atomic E-state index is 0.201. The van der Waals surface area contributed by atoms with Gasteiger partial charge in [0.1, 0.15) is 0 Å². The fourth-order valence-electron chi connectivity index (χ4n) is 2.26. The van der Waals surface area contributed by atoms with E-state index in [1.807, 2.05) is 12.1 Å². The minimum Gasteiger partial charge on any atom is -0.294 e. The van der Waals surface area contributed by atoms with Gasteiger partial charge in [0.25, 0.3) is 0 Å². The van der Waals surface area contributed by atoms with Crippen LogP contribution in [0.4, 0.5) is 0 Å². The van der Waals surface area contributed by atoms with Crippen LogP contribution in [0.1, 0.15) is 75.2 Å². The summed E-state index contributed by atoms with van der Waals surface area (Å²) in [6.07, 6.45) is 4.28. The number of rotatable bonds is 7. The van der Waals surface area contributed by atoms with Gasteiger partial charge in [0.2, 0.25) is 0 Å². The molecule has 0 fully saturated rings. The van der Waals surface area contributed by atoms with Crippen molar-refractivity contribution in [2.45, 2.75) is 59.3 Å². The molecule has 0 saturated carbocycles. The van der Waals surface area contributed by atoms with E-state index in [0.717, 1.165) is 31.2 Å². The number of carbonyl (C=O) groups is 1. The Morgan fingerprint density at radius 1 is 1.22 bits per heavy atom. The fourth-order valence-corrected chi connectivity index (χ4v) is 2.26. The van der Waals surface area contributed by atoms with E-state index in [1.165, 1.54) is 5.56 Å². The highest BCUT2D eigenvalue weighted by Gasteiger charge is 2.18. The SMILES string of the molecule is CCCCC(CC)C(=O)c1cccc(C(C)C)c1. The highest BCUT2D eigenvalue weighted by atomic mass is 16.1. The molecule has 0 heterocycles. The van der Waals surface area contributed by atoms with E-state index in [4.69, 9.17) is 0 Å². The van der Waals surface area contributed by atoms with Crippen molar-refractivity contribution in [1.82, 2.24) is 0 Å². The minimum atomic E-state index is 0.201. The van der Waals surface area contributed by atoms with E-state index in [-0.39, 0.29) is 5.92 Å². The molecule has 1 aromatic rings. The number of carbonyl (C=O) groups excluding carboxylic acids is 1. The first-order valence-electron chi connectivity index (χ1n) is 7.24. The Morgan fingerprint density at radius 3 is 2.50 bits per heavy atom. The third kappa shape index (κ3) is 3.97. The van der Waals surface area contributed by atoms with E-state index in [9.17, 15) is 4.79 Å². The van der Waals surface area contributed by atoms with Crippen LogP contribution in [0.5, 0.6) is 0 Å². The van der Waals surface area contributed by atoms with Gasteiger partial charge in [-0.2, -0.15) is 0 Å². The van der Waals surface area contributed by atoms with Crippen molar-refractivity contribution in [2.75, 3.05) is 0 Å². The molecule has 0 N–H and O–H groups in total. The Labute approximate surface area is 112 Å². The number of Topliss-reactive ketones (excluding diaryl/α,β-unsaturated/α-hetero) is 1. The van der Waals surface area contributed by atoms with Gasteiger partial charge in [0.15, 0.2) is 5.78 Å². The molecule has 0 aliphatic carbocycles. The molecule has 1 aromatic carbocycles. The average molecular weight is 246 g/mol. The molecule has 1 heteroatoms. The lowest BCUT2D eigenvalue weighted by molar-refractivity contribution is 0.0908. The summed E-state index contributed by atoms with van der Waals surface area (Å²) in [7, 11) is 0. The van der Waals surface area contributed by atoms with Crippen LogP contribution in [0.25, 0.3) is 0 Å². The summed E-state index contributed by atoms with van der Waals surface area (Å²) >= 11 is 0.